The van der Waals surface area contributed by atoms with Crippen LogP contribution in [0.15, 0.2) is 66.7 Å². The molecule has 3 aromatic carbocycles. The molecule has 5 heteroatoms. The number of benzene rings is 3. The molecule has 0 spiro atoms. The van der Waals surface area contributed by atoms with E-state index in [-0.39, 0.29) is 11.6 Å². The number of aromatic amines is 1. The molecule has 0 saturated carbocycles. The Morgan fingerprint density at radius 3 is 2.48 bits per heavy atom. The smallest absolute Gasteiger partial charge is 0.270 e. The zero-order valence-electron chi connectivity index (χ0n) is 13.4. The molecule has 0 aliphatic carbocycles. The summed E-state index contributed by atoms with van der Waals surface area (Å²) >= 11 is 0. The fourth-order valence-corrected chi connectivity index (χ4v) is 2.90. The van der Waals surface area contributed by atoms with E-state index in [0.717, 1.165) is 27.7 Å². The minimum Gasteiger partial charge on any atom is -0.507 e. The second-order valence-electron chi connectivity index (χ2n) is 5.84. The number of amidine groups is 1. The number of nitrogens with two attached hydrogens (primary N) is 2. The van der Waals surface area contributed by atoms with Crippen molar-refractivity contribution in [3.63, 3.8) is 0 Å². The SMILES string of the molecule is NC(=[NH2+])c1ccc2nc(-c3cccc(-c4ccccc4)c3O)[nH]c2c1. The quantitative estimate of drug-likeness (QED) is 0.342. The number of rotatable bonds is 3. The molecule has 0 atom stereocenters. The predicted octanol–water partition coefficient (Wildman–Crippen LogP) is 2.07. The van der Waals surface area contributed by atoms with Crippen molar-refractivity contribution in [1.82, 2.24) is 9.97 Å². The van der Waals surface area contributed by atoms with Crippen molar-refractivity contribution in [3.05, 3.63) is 72.3 Å². The number of imidazole rings is 1. The molecule has 0 aliphatic rings. The number of para-hydroxylation sites is 1. The fourth-order valence-electron chi connectivity index (χ4n) is 2.90. The third-order valence-corrected chi connectivity index (χ3v) is 4.19. The molecule has 25 heavy (non-hydrogen) atoms. The van der Waals surface area contributed by atoms with Crippen LogP contribution in [0.1, 0.15) is 5.56 Å². The lowest BCUT2D eigenvalue weighted by molar-refractivity contribution is -0.114. The number of phenols is 1. The van der Waals surface area contributed by atoms with Crippen LogP contribution in [-0.2, 0) is 0 Å². The van der Waals surface area contributed by atoms with Crippen LogP contribution >= 0.6 is 0 Å². The van der Waals surface area contributed by atoms with E-state index >= 15 is 0 Å². The summed E-state index contributed by atoms with van der Waals surface area (Å²) in [5, 5.41) is 16.4. The summed E-state index contributed by atoms with van der Waals surface area (Å²) in [7, 11) is 0. The van der Waals surface area contributed by atoms with Gasteiger partial charge in [0.15, 0.2) is 0 Å². The van der Waals surface area contributed by atoms with E-state index in [4.69, 9.17) is 11.1 Å². The molecular weight excluding hydrogens is 312 g/mol. The number of hydrogen-bond acceptors (Lipinski definition) is 2. The van der Waals surface area contributed by atoms with Crippen molar-refractivity contribution in [3.8, 4) is 28.3 Å². The minimum atomic E-state index is 0.192. The van der Waals surface area contributed by atoms with Gasteiger partial charge >= 0.3 is 0 Å². The number of aromatic nitrogens is 2. The summed E-state index contributed by atoms with van der Waals surface area (Å²) in [4.78, 5) is 7.80. The van der Waals surface area contributed by atoms with Crippen molar-refractivity contribution in [2.45, 2.75) is 0 Å². The first-order valence-corrected chi connectivity index (χ1v) is 7.89. The van der Waals surface area contributed by atoms with E-state index in [1.54, 1.807) is 0 Å². The zero-order valence-corrected chi connectivity index (χ0v) is 13.4. The van der Waals surface area contributed by atoms with Gasteiger partial charge in [0.25, 0.3) is 5.84 Å². The van der Waals surface area contributed by atoms with Gasteiger partial charge in [0, 0.05) is 5.56 Å². The maximum atomic E-state index is 10.8. The van der Waals surface area contributed by atoms with Crippen molar-refractivity contribution in [2.75, 3.05) is 0 Å². The van der Waals surface area contributed by atoms with E-state index in [1.165, 1.54) is 0 Å². The van der Waals surface area contributed by atoms with Crippen molar-refractivity contribution >= 4 is 16.9 Å². The first kappa shape index (κ1) is 15.0. The summed E-state index contributed by atoms with van der Waals surface area (Å²) < 4.78 is 0. The lowest BCUT2D eigenvalue weighted by Gasteiger charge is -2.08. The summed E-state index contributed by atoms with van der Waals surface area (Å²) in [6, 6.07) is 20.9. The molecule has 0 amide bonds. The highest BCUT2D eigenvalue weighted by molar-refractivity contribution is 5.96. The molecule has 4 rings (SSSR count). The summed E-state index contributed by atoms with van der Waals surface area (Å²) in [5.74, 6) is 1.04. The number of H-pyrrole nitrogens is 1. The van der Waals surface area contributed by atoms with Crippen LogP contribution in [-0.4, -0.2) is 20.9 Å². The lowest BCUT2D eigenvalue weighted by atomic mass is 10.0. The van der Waals surface area contributed by atoms with Crippen LogP contribution in [0, 0.1) is 0 Å². The van der Waals surface area contributed by atoms with Gasteiger partial charge in [-0.15, -0.1) is 0 Å². The summed E-state index contributed by atoms with van der Waals surface area (Å²) in [6.07, 6.45) is 0. The zero-order chi connectivity index (χ0) is 17.4. The van der Waals surface area contributed by atoms with Gasteiger partial charge in [-0.05, 0) is 29.8 Å². The highest BCUT2D eigenvalue weighted by atomic mass is 16.3. The summed E-state index contributed by atoms with van der Waals surface area (Å²) in [5.41, 5.74) is 10.3. The molecule has 4 aromatic rings. The minimum absolute atomic E-state index is 0.192. The molecule has 0 fully saturated rings. The fraction of sp³-hybridized carbons (Fsp3) is 0. The number of hydrogen-bond donors (Lipinski definition) is 4. The van der Waals surface area contributed by atoms with Crippen LogP contribution in [0.4, 0.5) is 0 Å². The van der Waals surface area contributed by atoms with Gasteiger partial charge in [0.05, 0.1) is 22.2 Å². The average Bonchev–Trinajstić information content (AvgIpc) is 3.05. The Morgan fingerprint density at radius 2 is 1.72 bits per heavy atom. The maximum Gasteiger partial charge on any atom is 0.270 e. The van der Waals surface area contributed by atoms with Gasteiger partial charge in [-0.1, -0.05) is 42.5 Å². The van der Waals surface area contributed by atoms with Crippen LogP contribution in [0.2, 0.25) is 0 Å². The maximum absolute atomic E-state index is 10.8. The molecule has 122 valence electrons. The molecule has 1 aromatic heterocycles. The van der Waals surface area contributed by atoms with E-state index in [2.05, 4.69) is 9.97 Å². The molecule has 0 aliphatic heterocycles. The monoisotopic (exact) mass is 329 g/mol. The Hall–Kier alpha value is -3.60. The number of nitrogens with zero attached hydrogens (tertiary/aromatic N) is 1. The third kappa shape index (κ3) is 2.61. The van der Waals surface area contributed by atoms with E-state index < -0.39 is 0 Å². The van der Waals surface area contributed by atoms with E-state index in [1.807, 2.05) is 66.7 Å². The van der Waals surface area contributed by atoms with E-state index in [0.29, 0.717) is 11.4 Å². The number of aromatic hydroxyl groups is 1. The normalized spacial score (nSPS) is 10.9. The van der Waals surface area contributed by atoms with Crippen molar-refractivity contribution in [1.29, 1.82) is 0 Å². The van der Waals surface area contributed by atoms with Gasteiger partial charge < -0.3 is 10.1 Å². The van der Waals surface area contributed by atoms with Gasteiger partial charge in [-0.25, -0.2) is 4.98 Å². The first-order valence-electron chi connectivity index (χ1n) is 7.89. The predicted molar refractivity (Wildman–Crippen MR) is 98.9 cm³/mol. The molecule has 0 unspecified atom stereocenters. The number of fused-ring (bicyclic) bond motifs is 1. The Kier molecular flexibility index (Phi) is 3.47. The first-order chi connectivity index (χ1) is 12.1. The highest BCUT2D eigenvalue weighted by Crippen LogP contribution is 2.37. The molecule has 1 heterocycles. The van der Waals surface area contributed by atoms with Crippen LogP contribution < -0.4 is 11.1 Å². The molecule has 0 bridgehead atoms. The highest BCUT2D eigenvalue weighted by Gasteiger charge is 2.14. The Bertz CT molecular complexity index is 1080. The topological polar surface area (TPSA) is 101 Å². The van der Waals surface area contributed by atoms with Crippen LogP contribution in [0.25, 0.3) is 33.5 Å². The Balaban J connectivity index is 1.85. The van der Waals surface area contributed by atoms with Crippen molar-refractivity contribution < 1.29 is 10.5 Å². The molecule has 5 nitrogen and oxygen atoms in total. The van der Waals surface area contributed by atoms with Crippen LogP contribution in [0.5, 0.6) is 5.75 Å². The van der Waals surface area contributed by atoms with Gasteiger partial charge in [0.2, 0.25) is 0 Å². The Morgan fingerprint density at radius 1 is 0.960 bits per heavy atom. The number of nitrogens with one attached hydrogen (secondary N) is 1. The number of phenolic OH excluding ortho intramolecular Hbond substituents is 1. The second-order valence-corrected chi connectivity index (χ2v) is 5.84. The van der Waals surface area contributed by atoms with Crippen molar-refractivity contribution in [2.24, 2.45) is 5.73 Å². The largest absolute Gasteiger partial charge is 0.507 e. The van der Waals surface area contributed by atoms with E-state index in [9.17, 15) is 5.11 Å². The lowest BCUT2D eigenvalue weighted by Crippen LogP contribution is -2.46. The molecule has 0 radical (unpaired) electrons. The Labute approximate surface area is 144 Å². The average molecular weight is 329 g/mol. The standard InChI is InChI=1S/C20H16N4O/c21-19(22)13-9-10-16-17(11-13)24-20(23-16)15-8-4-7-14(18(15)25)12-5-2-1-3-6-12/h1-11,25H,(H3,21,22)(H,23,24)/p+1. The molecular formula is C20H17N4O+. The van der Waals surface area contributed by atoms with Crippen LogP contribution in [0.3, 0.4) is 0 Å². The second kappa shape index (κ2) is 5.79. The van der Waals surface area contributed by atoms with Gasteiger partial charge in [0.1, 0.15) is 11.6 Å². The molecule has 0 saturated heterocycles. The van der Waals surface area contributed by atoms with Gasteiger partial charge in [-0.3, -0.25) is 11.1 Å². The summed E-state index contributed by atoms with van der Waals surface area (Å²) in [6.45, 7) is 0. The van der Waals surface area contributed by atoms with Gasteiger partial charge in [-0.2, -0.15) is 0 Å². The molecule has 6 N–H and O–H groups in total. The third-order valence-electron chi connectivity index (χ3n) is 4.19.